The van der Waals surface area contributed by atoms with Gasteiger partial charge in [-0.05, 0) is 48.5 Å². The predicted octanol–water partition coefficient (Wildman–Crippen LogP) is 4.91. The second kappa shape index (κ2) is 6.84. The van der Waals surface area contributed by atoms with Gasteiger partial charge in [-0.25, -0.2) is 36.4 Å². The summed E-state index contributed by atoms with van der Waals surface area (Å²) in [5, 5.41) is 3.47. The topological polar surface area (TPSA) is 142 Å². The van der Waals surface area contributed by atoms with Crippen LogP contribution in [0.1, 0.15) is 20.7 Å². The molecule has 0 bridgehead atoms. The molecule has 2 aromatic heterocycles. The Bertz CT molecular complexity index is 3280. The quantitative estimate of drug-likeness (QED) is 0.134. The van der Waals surface area contributed by atoms with Crippen molar-refractivity contribution in [2.75, 3.05) is 0 Å². The number of aromatic amines is 2. The molecule has 13 rings (SSSR count). The van der Waals surface area contributed by atoms with Crippen molar-refractivity contribution < 1.29 is 35.6 Å². The van der Waals surface area contributed by atoms with Crippen LogP contribution >= 0.6 is 0 Å². The van der Waals surface area contributed by atoms with Crippen molar-refractivity contribution >= 4 is 96.6 Å². The summed E-state index contributed by atoms with van der Waals surface area (Å²) in [4.78, 5) is 35.4. The van der Waals surface area contributed by atoms with Gasteiger partial charge < -0.3 is 0 Å². The number of sulfone groups is 2. The lowest BCUT2D eigenvalue weighted by Crippen LogP contribution is -2.46. The monoisotopic (exact) mass is 662 g/mol. The normalized spacial score (nSPS) is 17.1. The molecular formula is C36H14N4O6S2+2. The molecule has 0 saturated carbocycles. The molecule has 2 N–H and O–H groups in total. The van der Waals surface area contributed by atoms with Crippen molar-refractivity contribution in [3.63, 3.8) is 0 Å². The highest BCUT2D eigenvalue weighted by atomic mass is 32.2. The van der Waals surface area contributed by atoms with Crippen LogP contribution in [0.15, 0.2) is 92.4 Å². The van der Waals surface area contributed by atoms with Gasteiger partial charge in [0.05, 0.1) is 41.8 Å². The summed E-state index contributed by atoms with van der Waals surface area (Å²) < 4.78 is 61.7. The molecule has 4 aliphatic rings. The van der Waals surface area contributed by atoms with Gasteiger partial charge in [0.1, 0.15) is 0 Å². The van der Waals surface area contributed by atoms with Crippen molar-refractivity contribution in [3.8, 4) is 22.8 Å². The molecule has 0 unspecified atom stereocenters. The highest BCUT2D eigenvalue weighted by Crippen LogP contribution is 2.60. The lowest BCUT2D eigenvalue weighted by molar-refractivity contribution is -0.531. The molecule has 48 heavy (non-hydrogen) atoms. The summed E-state index contributed by atoms with van der Waals surface area (Å²) in [5.74, 6) is 0.0372. The molecular weight excluding hydrogens is 649 g/mol. The molecule has 4 aliphatic heterocycles. The third kappa shape index (κ3) is 2.16. The minimum Gasteiger partial charge on any atom is -0.240 e. The van der Waals surface area contributed by atoms with Crippen LogP contribution in [0, 0.1) is 0 Å². The fourth-order valence-corrected chi connectivity index (χ4v) is 12.6. The van der Waals surface area contributed by atoms with Crippen LogP contribution in [0.5, 0.6) is 0 Å². The van der Waals surface area contributed by atoms with Crippen LogP contribution in [0.3, 0.4) is 0 Å². The van der Waals surface area contributed by atoms with Gasteiger partial charge in [0.15, 0.2) is 22.1 Å². The van der Waals surface area contributed by atoms with Crippen LogP contribution in [0.4, 0.5) is 0 Å². The van der Waals surface area contributed by atoms with Crippen LogP contribution in [-0.2, 0) is 19.7 Å². The molecule has 0 fully saturated rings. The maximum atomic E-state index is 14.8. The molecule has 0 spiro atoms. The van der Waals surface area contributed by atoms with E-state index < -0.39 is 31.5 Å². The van der Waals surface area contributed by atoms with E-state index in [0.717, 1.165) is 0 Å². The Morgan fingerprint density at radius 1 is 0.438 bits per heavy atom. The van der Waals surface area contributed by atoms with E-state index in [9.17, 15) is 26.4 Å². The third-order valence-corrected chi connectivity index (χ3v) is 14.5. The average molecular weight is 663 g/mol. The summed E-state index contributed by atoms with van der Waals surface area (Å²) in [6.07, 6.45) is 0. The van der Waals surface area contributed by atoms with Crippen molar-refractivity contribution in [2.24, 2.45) is 0 Å². The number of carbonyl (C=O) groups excluding carboxylic acids is 2. The Balaban J connectivity index is 1.34. The van der Waals surface area contributed by atoms with E-state index in [0.29, 0.717) is 87.9 Å². The van der Waals surface area contributed by atoms with E-state index in [4.69, 9.17) is 0 Å². The molecule has 6 heterocycles. The van der Waals surface area contributed by atoms with E-state index in [2.05, 4.69) is 9.97 Å². The first kappa shape index (κ1) is 24.2. The Kier molecular flexibility index (Phi) is 3.45. The number of benzene rings is 7. The van der Waals surface area contributed by atoms with Crippen LogP contribution in [0.2, 0.25) is 0 Å². The van der Waals surface area contributed by atoms with Crippen molar-refractivity contribution in [1.29, 1.82) is 0 Å². The van der Waals surface area contributed by atoms with Crippen LogP contribution < -0.4 is 9.13 Å². The van der Waals surface area contributed by atoms with Gasteiger partial charge >= 0.3 is 11.8 Å². The standard InChI is InChI=1S/C36H12N4O6S2/c41-35-15-11-23-29-30-24(48(23,45)46)12-16-26-14(34-38-18-6-2-4-8-20(18)40(34)36(16)42)10-22-28(32(26)30)27-21(47(22,43)44)9-13(25(15)31(27)29)33-37-17-5-1-3-7-19(17)39(33)35/h1-12H/p+2. The summed E-state index contributed by atoms with van der Waals surface area (Å²) in [7, 11) is -8.38. The zero-order valence-electron chi connectivity index (χ0n) is 24.1. The number of hydrogen-bond donors (Lipinski definition) is 2. The fourth-order valence-electron chi connectivity index (χ4n) is 9.16. The van der Waals surface area contributed by atoms with Gasteiger partial charge in [-0.3, -0.25) is 0 Å². The van der Waals surface area contributed by atoms with Crippen LogP contribution in [-0.4, -0.2) is 38.6 Å². The summed E-state index contributed by atoms with van der Waals surface area (Å²) in [5.41, 5.74) is 3.91. The van der Waals surface area contributed by atoms with Gasteiger partial charge in [0.2, 0.25) is 19.7 Å². The zero-order valence-corrected chi connectivity index (χ0v) is 25.7. The second-order valence-corrected chi connectivity index (χ2v) is 16.7. The Labute approximate surface area is 267 Å². The van der Waals surface area contributed by atoms with Gasteiger partial charge in [-0.1, -0.05) is 24.3 Å². The van der Waals surface area contributed by atoms with E-state index in [1.165, 1.54) is 21.3 Å². The van der Waals surface area contributed by atoms with E-state index in [1.54, 1.807) is 36.4 Å². The first-order valence-electron chi connectivity index (χ1n) is 15.2. The maximum Gasteiger partial charge on any atom is 0.347 e. The minimum absolute atomic E-state index is 0.0503. The molecule has 0 radical (unpaired) electrons. The number of H-pyrrole nitrogens is 2. The molecule has 0 aliphatic carbocycles. The maximum absolute atomic E-state index is 14.8. The van der Waals surface area contributed by atoms with Gasteiger partial charge in [-0.15, -0.1) is 0 Å². The molecule has 7 aromatic carbocycles. The number of aromatic nitrogens is 4. The largest absolute Gasteiger partial charge is 0.347 e. The lowest BCUT2D eigenvalue weighted by Gasteiger charge is -2.20. The molecule has 12 heteroatoms. The molecule has 224 valence electrons. The van der Waals surface area contributed by atoms with Crippen molar-refractivity contribution in [2.45, 2.75) is 19.6 Å². The summed E-state index contributed by atoms with van der Waals surface area (Å²) >= 11 is 0. The van der Waals surface area contributed by atoms with Crippen LogP contribution in [0.25, 0.3) is 87.9 Å². The highest BCUT2D eigenvalue weighted by Gasteiger charge is 2.48. The van der Waals surface area contributed by atoms with E-state index >= 15 is 0 Å². The number of nitrogens with one attached hydrogen (secondary N) is 2. The Hall–Kier alpha value is -5.98. The summed E-state index contributed by atoms with van der Waals surface area (Å²) in [6.45, 7) is 0. The second-order valence-electron chi connectivity index (χ2n) is 13.0. The number of nitrogens with zero attached hydrogens (tertiary/aromatic N) is 2. The van der Waals surface area contributed by atoms with Crippen molar-refractivity contribution in [1.82, 2.24) is 9.97 Å². The van der Waals surface area contributed by atoms with Crippen molar-refractivity contribution in [3.05, 3.63) is 83.9 Å². The Morgan fingerprint density at radius 3 is 1.19 bits per heavy atom. The molecule has 0 amide bonds. The first-order valence-corrected chi connectivity index (χ1v) is 18.2. The molecule has 0 saturated heterocycles. The number of imidazole rings is 2. The smallest absolute Gasteiger partial charge is 0.240 e. The predicted molar refractivity (Wildman–Crippen MR) is 173 cm³/mol. The Morgan fingerprint density at radius 2 is 0.792 bits per heavy atom. The highest BCUT2D eigenvalue weighted by molar-refractivity contribution is 7.93. The minimum atomic E-state index is -4.23. The number of rotatable bonds is 0. The van der Waals surface area contributed by atoms with E-state index in [-0.39, 0.29) is 30.7 Å². The number of hydrogen-bond acceptors (Lipinski definition) is 6. The van der Waals surface area contributed by atoms with Gasteiger partial charge in [0, 0.05) is 43.1 Å². The molecule has 0 atom stereocenters. The lowest BCUT2D eigenvalue weighted by atomic mass is 9.83. The number of para-hydroxylation sites is 4. The number of carbonyl (C=O) groups is 2. The molecule has 10 nitrogen and oxygen atoms in total. The summed E-state index contributed by atoms with van der Waals surface area (Å²) in [6, 6.07) is 20.7. The van der Waals surface area contributed by atoms with E-state index in [1.807, 2.05) is 24.3 Å². The third-order valence-electron chi connectivity index (χ3n) is 10.9. The number of fused-ring (bicyclic) bond motifs is 8. The van der Waals surface area contributed by atoms with Gasteiger partial charge in [-0.2, -0.15) is 9.13 Å². The average Bonchev–Trinajstić information content (AvgIpc) is 3.78. The fraction of sp³-hybridized carbons (Fsp3) is 0. The SMILES string of the molecule is O=C1c2cc3c4c5c(cc6c7c(cc8c(c9c(cc(c2c49)-c2[nH]c4ccccc4[n+]21)S8(=O)=O)c75)-c1[nH]c2ccccc2[n+]1C6=O)S3(=O)=O. The van der Waals surface area contributed by atoms with Gasteiger partial charge in [0.25, 0.3) is 11.6 Å². The molecule has 9 aromatic rings. The zero-order chi connectivity index (χ0) is 31.9. The first-order chi connectivity index (χ1) is 23.2.